The van der Waals surface area contributed by atoms with Gasteiger partial charge in [-0.3, -0.25) is 4.79 Å². The molecule has 0 radical (unpaired) electrons. The molecule has 0 atom stereocenters. The van der Waals surface area contributed by atoms with Crippen LogP contribution in [0.5, 0.6) is 0 Å². The lowest BCUT2D eigenvalue weighted by Crippen LogP contribution is -2.25. The molecule has 0 aliphatic carbocycles. The Bertz CT molecular complexity index is 658. The standard InChI is InChI=1S/C13H17NO5S2/c1-9-8-11(20-10(9)4-5-12(15)16)13(17)14-6-3-7-21(2,18)19/h4-5,8H,3,6-7H2,1-2H3,(H,14,17)(H,15,16)/b5-4+. The molecule has 0 aromatic carbocycles. The van der Waals surface area contributed by atoms with Gasteiger partial charge in [-0.05, 0) is 31.1 Å². The Kier molecular flexibility index (Phi) is 6.10. The predicted molar refractivity (Wildman–Crippen MR) is 82.4 cm³/mol. The summed E-state index contributed by atoms with van der Waals surface area (Å²) in [7, 11) is -3.02. The third-order valence-electron chi connectivity index (χ3n) is 2.53. The molecule has 0 saturated heterocycles. The Morgan fingerprint density at radius 1 is 1.43 bits per heavy atom. The fourth-order valence-corrected chi connectivity index (χ4v) is 3.21. The molecule has 0 aliphatic rings. The Balaban J connectivity index is 2.59. The maximum Gasteiger partial charge on any atom is 0.328 e. The minimum atomic E-state index is -3.02. The monoisotopic (exact) mass is 331 g/mol. The van der Waals surface area contributed by atoms with Crippen LogP contribution in [0.1, 0.15) is 26.5 Å². The fourth-order valence-electron chi connectivity index (χ4n) is 1.54. The maximum atomic E-state index is 11.9. The van der Waals surface area contributed by atoms with E-state index in [-0.39, 0.29) is 18.2 Å². The molecule has 1 aromatic rings. The molecule has 2 N–H and O–H groups in total. The number of hydrogen-bond acceptors (Lipinski definition) is 5. The molecule has 0 saturated carbocycles. The van der Waals surface area contributed by atoms with Crippen molar-refractivity contribution < 1.29 is 23.1 Å². The van der Waals surface area contributed by atoms with Crippen molar-refractivity contribution in [2.45, 2.75) is 13.3 Å². The zero-order valence-corrected chi connectivity index (χ0v) is 13.4. The number of aryl methyl sites for hydroxylation is 1. The normalized spacial score (nSPS) is 11.7. The SMILES string of the molecule is Cc1cc(C(=O)NCCCS(C)(=O)=O)sc1/C=C/C(=O)O. The van der Waals surface area contributed by atoms with E-state index in [9.17, 15) is 18.0 Å². The van der Waals surface area contributed by atoms with Gasteiger partial charge in [0, 0.05) is 23.8 Å². The number of hydrogen-bond donors (Lipinski definition) is 2. The number of aliphatic carboxylic acids is 1. The van der Waals surface area contributed by atoms with Crippen LogP contribution in [0.15, 0.2) is 12.1 Å². The van der Waals surface area contributed by atoms with Crippen LogP contribution in [0.3, 0.4) is 0 Å². The maximum absolute atomic E-state index is 11.9. The van der Waals surface area contributed by atoms with Crippen molar-refractivity contribution in [1.82, 2.24) is 5.32 Å². The first-order valence-electron chi connectivity index (χ1n) is 6.16. The van der Waals surface area contributed by atoms with Crippen molar-refractivity contribution >= 4 is 39.1 Å². The van der Waals surface area contributed by atoms with Gasteiger partial charge in [-0.2, -0.15) is 0 Å². The van der Waals surface area contributed by atoms with E-state index in [0.29, 0.717) is 16.2 Å². The van der Waals surface area contributed by atoms with Gasteiger partial charge in [0.25, 0.3) is 5.91 Å². The number of sulfone groups is 1. The molecule has 0 spiro atoms. The zero-order chi connectivity index (χ0) is 16.0. The first kappa shape index (κ1) is 17.4. The minimum absolute atomic E-state index is 0.0311. The van der Waals surface area contributed by atoms with Crippen LogP contribution >= 0.6 is 11.3 Å². The summed E-state index contributed by atoms with van der Waals surface area (Å²) in [4.78, 5) is 23.5. The summed E-state index contributed by atoms with van der Waals surface area (Å²) in [6.45, 7) is 2.07. The van der Waals surface area contributed by atoms with E-state index in [1.165, 1.54) is 17.4 Å². The average Bonchev–Trinajstić information content (AvgIpc) is 2.72. The van der Waals surface area contributed by atoms with Crippen LogP contribution in [-0.4, -0.2) is 44.0 Å². The lowest BCUT2D eigenvalue weighted by molar-refractivity contribution is -0.131. The molecule has 1 aromatic heterocycles. The van der Waals surface area contributed by atoms with Crippen molar-refractivity contribution in [1.29, 1.82) is 0 Å². The minimum Gasteiger partial charge on any atom is -0.478 e. The first-order valence-corrected chi connectivity index (χ1v) is 9.04. The smallest absolute Gasteiger partial charge is 0.328 e. The number of rotatable bonds is 7. The number of carboxylic acid groups (broad SMARTS) is 1. The van der Waals surface area contributed by atoms with Crippen LogP contribution in [0.4, 0.5) is 0 Å². The van der Waals surface area contributed by atoms with Crippen LogP contribution in [-0.2, 0) is 14.6 Å². The van der Waals surface area contributed by atoms with Gasteiger partial charge in [0.15, 0.2) is 0 Å². The first-order chi connectivity index (χ1) is 9.69. The second kappa shape index (κ2) is 7.37. The van der Waals surface area contributed by atoms with Gasteiger partial charge in [-0.25, -0.2) is 13.2 Å². The summed E-state index contributed by atoms with van der Waals surface area (Å²) in [6.07, 6.45) is 3.98. The fraction of sp³-hybridized carbons (Fsp3) is 0.385. The van der Waals surface area contributed by atoms with E-state index >= 15 is 0 Å². The molecular formula is C13H17NO5S2. The highest BCUT2D eigenvalue weighted by Crippen LogP contribution is 2.23. The van der Waals surface area contributed by atoms with E-state index < -0.39 is 15.8 Å². The van der Waals surface area contributed by atoms with E-state index in [0.717, 1.165) is 17.9 Å². The Morgan fingerprint density at radius 3 is 2.67 bits per heavy atom. The van der Waals surface area contributed by atoms with E-state index in [1.807, 2.05) is 0 Å². The molecule has 21 heavy (non-hydrogen) atoms. The summed E-state index contributed by atoms with van der Waals surface area (Å²) in [6, 6.07) is 1.68. The van der Waals surface area contributed by atoms with Gasteiger partial charge in [0.1, 0.15) is 9.84 Å². The molecule has 1 amide bonds. The Morgan fingerprint density at radius 2 is 2.10 bits per heavy atom. The number of carbonyl (C=O) groups is 2. The lowest BCUT2D eigenvalue weighted by Gasteiger charge is -2.02. The third-order valence-corrected chi connectivity index (χ3v) is 4.77. The van der Waals surface area contributed by atoms with Gasteiger partial charge < -0.3 is 10.4 Å². The van der Waals surface area contributed by atoms with Crippen LogP contribution < -0.4 is 5.32 Å². The Hall–Kier alpha value is -1.67. The lowest BCUT2D eigenvalue weighted by atomic mass is 10.2. The van der Waals surface area contributed by atoms with Crippen LogP contribution in [0, 0.1) is 6.92 Å². The number of amides is 1. The largest absolute Gasteiger partial charge is 0.478 e. The van der Waals surface area contributed by atoms with Gasteiger partial charge >= 0.3 is 5.97 Å². The molecule has 1 rings (SSSR count). The summed E-state index contributed by atoms with van der Waals surface area (Å²) >= 11 is 1.19. The molecule has 8 heteroatoms. The van der Waals surface area contributed by atoms with Crippen LogP contribution in [0.2, 0.25) is 0 Å². The second-order valence-electron chi connectivity index (χ2n) is 4.57. The highest BCUT2D eigenvalue weighted by atomic mass is 32.2. The van der Waals surface area contributed by atoms with Crippen molar-refractivity contribution in [2.75, 3.05) is 18.6 Å². The molecular weight excluding hydrogens is 314 g/mol. The Labute approximate surface area is 127 Å². The molecule has 0 bridgehead atoms. The molecule has 0 aliphatic heterocycles. The highest BCUT2D eigenvalue weighted by Gasteiger charge is 2.11. The van der Waals surface area contributed by atoms with E-state index in [1.54, 1.807) is 13.0 Å². The van der Waals surface area contributed by atoms with Crippen molar-refractivity contribution in [3.05, 3.63) is 27.5 Å². The molecule has 116 valence electrons. The second-order valence-corrected chi connectivity index (χ2v) is 7.91. The number of carbonyl (C=O) groups excluding carboxylic acids is 1. The highest BCUT2D eigenvalue weighted by molar-refractivity contribution is 7.90. The van der Waals surface area contributed by atoms with Gasteiger partial charge in [-0.1, -0.05) is 0 Å². The summed E-state index contributed by atoms with van der Waals surface area (Å²) < 4.78 is 21.9. The quantitative estimate of drug-likeness (QED) is 0.580. The van der Waals surface area contributed by atoms with Crippen LogP contribution in [0.25, 0.3) is 6.08 Å². The summed E-state index contributed by atoms with van der Waals surface area (Å²) in [5.74, 6) is -1.30. The molecule has 0 fully saturated rings. The molecule has 6 nitrogen and oxygen atoms in total. The van der Waals surface area contributed by atoms with Crippen molar-refractivity contribution in [3.63, 3.8) is 0 Å². The number of nitrogens with one attached hydrogen (secondary N) is 1. The predicted octanol–water partition coefficient (Wildman–Crippen LogP) is 1.32. The van der Waals surface area contributed by atoms with Crippen molar-refractivity contribution in [3.8, 4) is 0 Å². The third kappa shape index (κ3) is 6.54. The number of thiophene rings is 1. The van der Waals surface area contributed by atoms with Crippen molar-refractivity contribution in [2.24, 2.45) is 0 Å². The number of carboxylic acids is 1. The summed E-state index contributed by atoms with van der Waals surface area (Å²) in [5, 5.41) is 11.2. The van der Waals surface area contributed by atoms with Gasteiger partial charge in [0.2, 0.25) is 0 Å². The molecule has 0 unspecified atom stereocenters. The van der Waals surface area contributed by atoms with E-state index in [4.69, 9.17) is 5.11 Å². The zero-order valence-electron chi connectivity index (χ0n) is 11.8. The van der Waals surface area contributed by atoms with E-state index in [2.05, 4.69) is 5.32 Å². The summed E-state index contributed by atoms with van der Waals surface area (Å²) in [5.41, 5.74) is 0.818. The molecule has 1 heterocycles. The van der Waals surface area contributed by atoms with Gasteiger partial charge in [-0.15, -0.1) is 11.3 Å². The topological polar surface area (TPSA) is 101 Å². The average molecular weight is 331 g/mol. The van der Waals surface area contributed by atoms with Gasteiger partial charge in [0.05, 0.1) is 10.6 Å².